The molecule has 0 N–H and O–H groups in total. The minimum Gasteiger partial charge on any atom is -0.125 e. The van der Waals surface area contributed by atoms with Gasteiger partial charge in [0.2, 0.25) is 0 Å². The average molecular weight is 284 g/mol. The van der Waals surface area contributed by atoms with Gasteiger partial charge in [-0.15, -0.1) is 17.8 Å². The predicted molar refractivity (Wildman–Crippen MR) is 62.5 cm³/mol. The van der Waals surface area contributed by atoms with Crippen molar-refractivity contribution in [3.05, 3.63) is 32.7 Å². The summed E-state index contributed by atoms with van der Waals surface area (Å²) in [7, 11) is 0. The molecule has 12 heavy (non-hydrogen) atoms. The number of hydrogen-bond donors (Lipinski definition) is 0. The summed E-state index contributed by atoms with van der Waals surface area (Å²) in [6.07, 6.45) is 5.37. The van der Waals surface area contributed by atoms with Crippen LogP contribution in [0, 0.1) is 15.9 Å². The van der Waals surface area contributed by atoms with Crippen LogP contribution in [0.3, 0.4) is 0 Å². The number of halogens is 1. The van der Waals surface area contributed by atoms with Gasteiger partial charge in [-0.05, 0) is 28.7 Å². The quantitative estimate of drug-likeness (QED) is 0.513. The Kier molecular flexibility index (Phi) is 2.07. The molecule has 0 radical (unpaired) electrons. The van der Waals surface area contributed by atoms with Crippen molar-refractivity contribution in [2.24, 2.45) is 0 Å². The maximum absolute atomic E-state index is 5.37. The number of thiophene rings is 1. The van der Waals surface area contributed by atoms with Crippen LogP contribution in [-0.4, -0.2) is 0 Å². The summed E-state index contributed by atoms with van der Waals surface area (Å²) in [5.41, 5.74) is 0. The Bertz CT molecular complexity index is 462. The highest BCUT2D eigenvalue weighted by molar-refractivity contribution is 14.1. The number of rotatable bonds is 0. The first kappa shape index (κ1) is 8.09. The highest BCUT2D eigenvalue weighted by Gasteiger charge is 2.05. The van der Waals surface area contributed by atoms with Crippen LogP contribution in [0.2, 0.25) is 0 Å². The van der Waals surface area contributed by atoms with Crippen molar-refractivity contribution < 1.29 is 0 Å². The van der Waals surface area contributed by atoms with E-state index in [1.165, 1.54) is 13.7 Å². The average Bonchev–Trinajstić information content (AvgIpc) is 2.44. The van der Waals surface area contributed by atoms with Crippen LogP contribution in [0.25, 0.3) is 10.1 Å². The van der Waals surface area contributed by atoms with Crippen molar-refractivity contribution in [3.63, 3.8) is 0 Å². The fourth-order valence-corrected chi connectivity index (χ4v) is 3.15. The van der Waals surface area contributed by atoms with E-state index >= 15 is 0 Å². The van der Waals surface area contributed by atoms with Crippen LogP contribution in [0.15, 0.2) is 24.3 Å². The lowest BCUT2D eigenvalue weighted by molar-refractivity contribution is 1.81. The molecule has 0 aliphatic carbocycles. The lowest BCUT2D eigenvalue weighted by atomic mass is 10.2. The first-order chi connectivity index (χ1) is 5.83. The maximum atomic E-state index is 5.37. The van der Waals surface area contributed by atoms with Crippen molar-refractivity contribution in [1.82, 2.24) is 0 Å². The predicted octanol–water partition coefficient (Wildman–Crippen LogP) is 3.49. The Morgan fingerprint density at radius 2 is 2.08 bits per heavy atom. The molecule has 2 aromatic rings. The van der Waals surface area contributed by atoms with Gasteiger partial charge in [0.05, 0.1) is 4.88 Å². The summed E-state index contributed by atoms with van der Waals surface area (Å²) in [5, 5.41) is 1.27. The molecule has 1 heterocycles. The van der Waals surface area contributed by atoms with E-state index in [9.17, 15) is 0 Å². The summed E-state index contributed by atoms with van der Waals surface area (Å²) >= 11 is 3.98. The minimum absolute atomic E-state index is 1.04. The van der Waals surface area contributed by atoms with Gasteiger partial charge in [0.1, 0.15) is 0 Å². The summed E-state index contributed by atoms with van der Waals surface area (Å²) < 4.78 is 2.48. The van der Waals surface area contributed by atoms with Gasteiger partial charge in [0.25, 0.3) is 0 Å². The van der Waals surface area contributed by atoms with Crippen LogP contribution >= 0.6 is 33.9 Å². The molecule has 0 saturated carbocycles. The second-order valence-electron chi connectivity index (χ2n) is 2.39. The molecule has 0 nitrogen and oxygen atoms in total. The molecule has 0 atom stereocenters. The molecular weight excluding hydrogens is 279 g/mol. The zero-order chi connectivity index (χ0) is 8.55. The van der Waals surface area contributed by atoms with Crippen LogP contribution < -0.4 is 0 Å². The fraction of sp³-hybridized carbons (Fsp3) is 0. The van der Waals surface area contributed by atoms with Crippen molar-refractivity contribution >= 4 is 44.0 Å². The first-order valence-electron chi connectivity index (χ1n) is 3.46. The van der Waals surface area contributed by atoms with Crippen LogP contribution in [0.4, 0.5) is 0 Å². The Hall–Kier alpha value is -0.530. The molecule has 0 spiro atoms. The van der Waals surface area contributed by atoms with Crippen molar-refractivity contribution in [2.45, 2.75) is 0 Å². The second kappa shape index (κ2) is 3.08. The highest BCUT2D eigenvalue weighted by Crippen LogP contribution is 2.31. The third kappa shape index (κ3) is 1.13. The lowest BCUT2D eigenvalue weighted by Gasteiger charge is -1.86. The number of hydrogen-bond acceptors (Lipinski definition) is 1. The molecule has 0 aliphatic rings. The molecule has 0 bridgehead atoms. The molecule has 0 amide bonds. The molecule has 1 aromatic carbocycles. The van der Waals surface area contributed by atoms with E-state index in [2.05, 4.69) is 40.6 Å². The SMILES string of the molecule is C#Cc1sc2ccccc2c1I. The molecule has 0 unspecified atom stereocenters. The summed E-state index contributed by atoms with van der Waals surface area (Å²) in [6, 6.07) is 8.28. The first-order valence-corrected chi connectivity index (χ1v) is 5.36. The topological polar surface area (TPSA) is 0 Å². The molecule has 1 aromatic heterocycles. The number of benzene rings is 1. The highest BCUT2D eigenvalue weighted by atomic mass is 127. The van der Waals surface area contributed by atoms with E-state index < -0.39 is 0 Å². The van der Waals surface area contributed by atoms with E-state index in [1.807, 2.05) is 12.1 Å². The van der Waals surface area contributed by atoms with E-state index in [4.69, 9.17) is 6.42 Å². The Morgan fingerprint density at radius 1 is 1.33 bits per heavy atom. The smallest absolute Gasteiger partial charge is 0.0911 e. The molecule has 0 fully saturated rings. The van der Waals surface area contributed by atoms with E-state index in [0.29, 0.717) is 0 Å². The van der Waals surface area contributed by atoms with Crippen LogP contribution in [0.5, 0.6) is 0 Å². The Labute approximate surface area is 88.7 Å². The van der Waals surface area contributed by atoms with Crippen LogP contribution in [-0.2, 0) is 0 Å². The second-order valence-corrected chi connectivity index (χ2v) is 4.52. The van der Waals surface area contributed by atoms with Gasteiger partial charge < -0.3 is 0 Å². The van der Waals surface area contributed by atoms with Gasteiger partial charge in [-0.1, -0.05) is 24.1 Å². The molecular formula is C10H5IS. The minimum atomic E-state index is 1.04. The molecule has 58 valence electrons. The third-order valence-corrected chi connectivity index (χ3v) is 4.25. The lowest BCUT2D eigenvalue weighted by Crippen LogP contribution is -1.68. The number of fused-ring (bicyclic) bond motifs is 1. The fourth-order valence-electron chi connectivity index (χ4n) is 1.11. The monoisotopic (exact) mass is 284 g/mol. The summed E-state index contributed by atoms with van der Waals surface area (Å²) in [6.45, 7) is 0. The van der Waals surface area contributed by atoms with Crippen LogP contribution in [0.1, 0.15) is 4.88 Å². The van der Waals surface area contributed by atoms with E-state index in [-0.39, 0.29) is 0 Å². The number of terminal acetylenes is 1. The van der Waals surface area contributed by atoms with Gasteiger partial charge in [-0.25, -0.2) is 0 Å². The van der Waals surface area contributed by atoms with Crippen molar-refractivity contribution in [3.8, 4) is 12.3 Å². The van der Waals surface area contributed by atoms with Gasteiger partial charge in [-0.2, -0.15) is 0 Å². The van der Waals surface area contributed by atoms with E-state index in [0.717, 1.165) is 4.88 Å². The van der Waals surface area contributed by atoms with Gasteiger partial charge >= 0.3 is 0 Å². The largest absolute Gasteiger partial charge is 0.125 e. The Morgan fingerprint density at radius 3 is 2.75 bits per heavy atom. The van der Waals surface area contributed by atoms with Gasteiger partial charge in [-0.3, -0.25) is 0 Å². The molecule has 0 aliphatic heterocycles. The van der Waals surface area contributed by atoms with Gasteiger partial charge in [0, 0.05) is 13.7 Å². The molecule has 0 saturated heterocycles. The summed E-state index contributed by atoms with van der Waals surface area (Å²) in [4.78, 5) is 1.04. The van der Waals surface area contributed by atoms with E-state index in [1.54, 1.807) is 11.3 Å². The zero-order valence-electron chi connectivity index (χ0n) is 6.17. The third-order valence-electron chi connectivity index (χ3n) is 1.67. The normalized spacial score (nSPS) is 10.0. The Balaban J connectivity index is 2.90. The molecule has 2 rings (SSSR count). The standard InChI is InChI=1S/C10H5IS/c1-2-8-10(11)7-5-3-4-6-9(7)12-8/h1,3-6H. The summed E-state index contributed by atoms with van der Waals surface area (Å²) in [5.74, 6) is 2.70. The maximum Gasteiger partial charge on any atom is 0.0911 e. The van der Waals surface area contributed by atoms with Crippen molar-refractivity contribution in [2.75, 3.05) is 0 Å². The molecule has 2 heteroatoms. The zero-order valence-corrected chi connectivity index (χ0v) is 9.15. The van der Waals surface area contributed by atoms with Gasteiger partial charge in [0.15, 0.2) is 0 Å². The van der Waals surface area contributed by atoms with Crippen molar-refractivity contribution in [1.29, 1.82) is 0 Å².